The van der Waals surface area contributed by atoms with Crippen molar-refractivity contribution in [3.05, 3.63) is 35.4 Å². The smallest absolute Gasteiger partial charge is 0.179 e. The van der Waals surface area contributed by atoms with E-state index < -0.39 is 11.6 Å². The van der Waals surface area contributed by atoms with Gasteiger partial charge in [0.25, 0.3) is 0 Å². The zero-order chi connectivity index (χ0) is 15.0. The fourth-order valence-electron chi connectivity index (χ4n) is 3.45. The number of benzene rings is 1. The molecule has 0 aliphatic carbocycles. The minimum Gasteiger partial charge on any atom is -0.298 e. The first kappa shape index (κ1) is 14.6. The summed E-state index contributed by atoms with van der Waals surface area (Å²) in [7, 11) is 0. The zero-order valence-electron chi connectivity index (χ0n) is 12.2. The largest absolute Gasteiger partial charge is 0.298 e. The van der Waals surface area contributed by atoms with Gasteiger partial charge in [0.15, 0.2) is 5.78 Å². The van der Waals surface area contributed by atoms with Crippen molar-refractivity contribution in [1.29, 1.82) is 0 Å². The van der Waals surface area contributed by atoms with Crippen LogP contribution in [0.15, 0.2) is 18.2 Å². The van der Waals surface area contributed by atoms with Crippen molar-refractivity contribution in [2.75, 3.05) is 26.2 Å². The molecule has 2 saturated heterocycles. The Morgan fingerprint density at radius 1 is 1.33 bits per heavy atom. The molecule has 5 heteroatoms. The first-order valence-corrected chi connectivity index (χ1v) is 7.51. The van der Waals surface area contributed by atoms with Crippen molar-refractivity contribution < 1.29 is 13.6 Å². The van der Waals surface area contributed by atoms with Crippen LogP contribution in [0.5, 0.6) is 0 Å². The van der Waals surface area contributed by atoms with Crippen molar-refractivity contribution in [1.82, 2.24) is 9.80 Å². The number of carbonyl (C=O) groups is 1. The molecule has 0 N–H and O–H groups in total. The van der Waals surface area contributed by atoms with E-state index in [2.05, 4.69) is 16.7 Å². The summed E-state index contributed by atoms with van der Waals surface area (Å²) in [5.74, 6) is -1.70. The molecule has 114 valence electrons. The van der Waals surface area contributed by atoms with Gasteiger partial charge in [-0.1, -0.05) is 0 Å². The van der Waals surface area contributed by atoms with Gasteiger partial charge in [-0.2, -0.15) is 0 Å². The minimum absolute atomic E-state index is 0.0162. The lowest BCUT2D eigenvalue weighted by molar-refractivity contribution is 0.0533. The number of halogens is 2. The third-order valence-corrected chi connectivity index (χ3v) is 4.64. The van der Waals surface area contributed by atoms with Gasteiger partial charge in [-0.15, -0.1) is 0 Å². The Morgan fingerprint density at radius 2 is 2.14 bits per heavy atom. The summed E-state index contributed by atoms with van der Waals surface area (Å²) < 4.78 is 26.6. The van der Waals surface area contributed by atoms with Crippen LogP contribution in [-0.2, 0) is 0 Å². The van der Waals surface area contributed by atoms with Crippen LogP contribution in [0.2, 0.25) is 0 Å². The summed E-state index contributed by atoms with van der Waals surface area (Å²) in [4.78, 5) is 16.9. The standard InChI is InChI=1S/C16H20F2N2O/c1-11-8-19-6-2-3-13(19)9-20(11)10-16(21)14-5-4-12(17)7-15(14)18/h4-5,7,11,13H,2-3,6,8-10H2,1H3. The van der Waals surface area contributed by atoms with Crippen LogP contribution in [-0.4, -0.2) is 53.8 Å². The molecule has 0 bridgehead atoms. The first-order valence-electron chi connectivity index (χ1n) is 7.51. The van der Waals surface area contributed by atoms with Crippen LogP contribution >= 0.6 is 0 Å². The summed E-state index contributed by atoms with van der Waals surface area (Å²) in [6, 6.07) is 3.95. The maximum atomic E-state index is 13.7. The molecule has 2 fully saturated rings. The molecule has 2 atom stereocenters. The van der Waals surface area contributed by atoms with Crippen molar-refractivity contribution in [2.24, 2.45) is 0 Å². The third kappa shape index (κ3) is 2.99. The minimum atomic E-state index is -0.771. The van der Waals surface area contributed by atoms with Gasteiger partial charge in [0, 0.05) is 31.2 Å². The molecule has 0 aromatic heterocycles. The second-order valence-electron chi connectivity index (χ2n) is 6.12. The zero-order valence-corrected chi connectivity index (χ0v) is 12.2. The number of hydrogen-bond donors (Lipinski definition) is 0. The molecule has 2 aliphatic heterocycles. The first-order chi connectivity index (χ1) is 10.0. The van der Waals surface area contributed by atoms with Crippen molar-refractivity contribution in [3.8, 4) is 0 Å². The monoisotopic (exact) mass is 294 g/mol. The number of piperazine rings is 1. The highest BCUT2D eigenvalue weighted by atomic mass is 19.1. The molecule has 1 aromatic rings. The van der Waals surface area contributed by atoms with E-state index in [4.69, 9.17) is 0 Å². The molecule has 0 saturated carbocycles. The van der Waals surface area contributed by atoms with Gasteiger partial charge < -0.3 is 0 Å². The molecular formula is C16H20F2N2O. The number of Topliss-reactive ketones (excluding diaryl/α,β-unsaturated/α-hetero) is 1. The van der Waals surface area contributed by atoms with E-state index in [1.165, 1.54) is 18.9 Å². The quantitative estimate of drug-likeness (QED) is 0.799. The predicted octanol–water partition coefficient (Wildman–Crippen LogP) is 2.32. The lowest BCUT2D eigenvalue weighted by atomic mass is 10.1. The van der Waals surface area contributed by atoms with Gasteiger partial charge in [0.2, 0.25) is 0 Å². The number of hydrogen-bond acceptors (Lipinski definition) is 3. The second kappa shape index (κ2) is 5.81. The van der Waals surface area contributed by atoms with Crippen LogP contribution in [0.1, 0.15) is 30.1 Å². The van der Waals surface area contributed by atoms with Crippen molar-refractivity contribution >= 4 is 5.78 Å². The summed E-state index contributed by atoms with van der Waals surface area (Å²) in [6.45, 7) is 5.26. The van der Waals surface area contributed by atoms with Gasteiger partial charge in [-0.25, -0.2) is 8.78 Å². The highest BCUT2D eigenvalue weighted by Gasteiger charge is 2.35. The third-order valence-electron chi connectivity index (χ3n) is 4.64. The fourth-order valence-corrected chi connectivity index (χ4v) is 3.45. The summed E-state index contributed by atoms with van der Waals surface area (Å²) in [5, 5.41) is 0. The molecule has 3 nitrogen and oxygen atoms in total. The Morgan fingerprint density at radius 3 is 2.90 bits per heavy atom. The molecule has 2 heterocycles. The molecule has 0 amide bonds. The maximum Gasteiger partial charge on any atom is 0.179 e. The van der Waals surface area contributed by atoms with Crippen LogP contribution in [0.3, 0.4) is 0 Å². The van der Waals surface area contributed by atoms with E-state index in [9.17, 15) is 13.6 Å². The van der Waals surface area contributed by atoms with E-state index in [0.717, 1.165) is 31.8 Å². The number of ketones is 1. The number of carbonyl (C=O) groups excluding carboxylic acids is 1. The van der Waals surface area contributed by atoms with E-state index in [1.807, 2.05) is 0 Å². The van der Waals surface area contributed by atoms with Gasteiger partial charge in [0.05, 0.1) is 12.1 Å². The average Bonchev–Trinajstić information content (AvgIpc) is 2.86. The van der Waals surface area contributed by atoms with E-state index >= 15 is 0 Å². The summed E-state index contributed by atoms with van der Waals surface area (Å²) in [6.07, 6.45) is 2.38. The number of fused-ring (bicyclic) bond motifs is 1. The highest BCUT2D eigenvalue weighted by Crippen LogP contribution is 2.24. The second-order valence-corrected chi connectivity index (χ2v) is 6.12. The molecule has 2 aliphatic rings. The van der Waals surface area contributed by atoms with Gasteiger partial charge in [-0.05, 0) is 38.4 Å². The molecular weight excluding hydrogens is 274 g/mol. The van der Waals surface area contributed by atoms with Crippen LogP contribution < -0.4 is 0 Å². The Labute approximate surface area is 123 Å². The molecule has 21 heavy (non-hydrogen) atoms. The Kier molecular flexibility index (Phi) is 4.04. The van der Waals surface area contributed by atoms with Crippen molar-refractivity contribution in [3.63, 3.8) is 0 Å². The van der Waals surface area contributed by atoms with E-state index in [0.29, 0.717) is 6.04 Å². The van der Waals surface area contributed by atoms with Gasteiger partial charge in [-0.3, -0.25) is 14.6 Å². The molecule has 1 aromatic carbocycles. The van der Waals surface area contributed by atoms with Crippen LogP contribution in [0.4, 0.5) is 8.78 Å². The van der Waals surface area contributed by atoms with Crippen molar-refractivity contribution in [2.45, 2.75) is 31.8 Å². The van der Waals surface area contributed by atoms with E-state index in [-0.39, 0.29) is 23.9 Å². The summed E-state index contributed by atoms with van der Waals surface area (Å²) >= 11 is 0. The normalized spacial score (nSPS) is 26.8. The Hall–Kier alpha value is -1.33. The maximum absolute atomic E-state index is 13.7. The average molecular weight is 294 g/mol. The molecule has 0 spiro atoms. The molecule has 3 rings (SSSR count). The Bertz CT molecular complexity index is 549. The van der Waals surface area contributed by atoms with Gasteiger partial charge >= 0.3 is 0 Å². The molecule has 0 radical (unpaired) electrons. The predicted molar refractivity (Wildman–Crippen MR) is 76.3 cm³/mol. The molecule has 2 unspecified atom stereocenters. The lowest BCUT2D eigenvalue weighted by Crippen LogP contribution is -2.56. The van der Waals surface area contributed by atoms with Crippen LogP contribution in [0, 0.1) is 11.6 Å². The lowest BCUT2D eigenvalue weighted by Gasteiger charge is -2.42. The number of nitrogens with zero attached hydrogens (tertiary/aromatic N) is 2. The topological polar surface area (TPSA) is 23.6 Å². The number of rotatable bonds is 3. The SMILES string of the molecule is CC1CN2CCCC2CN1CC(=O)c1ccc(F)cc1F. The highest BCUT2D eigenvalue weighted by molar-refractivity contribution is 5.97. The summed E-state index contributed by atoms with van der Waals surface area (Å²) in [5.41, 5.74) is -0.0162. The van der Waals surface area contributed by atoms with E-state index in [1.54, 1.807) is 0 Å². The van der Waals surface area contributed by atoms with Gasteiger partial charge in [0.1, 0.15) is 11.6 Å². The van der Waals surface area contributed by atoms with Crippen LogP contribution in [0.25, 0.3) is 0 Å². The Balaban J connectivity index is 1.69. The fraction of sp³-hybridized carbons (Fsp3) is 0.562.